The predicted molar refractivity (Wildman–Crippen MR) is 72.6 cm³/mol. The number of carbonyl (C=O) groups excluding carboxylic acids is 2. The molecule has 0 saturated heterocycles. The zero-order valence-electron chi connectivity index (χ0n) is 11.3. The molecule has 0 aliphatic heterocycles. The third kappa shape index (κ3) is 4.99. The summed E-state index contributed by atoms with van der Waals surface area (Å²) in [5.74, 6) is -0.489. The summed E-state index contributed by atoms with van der Waals surface area (Å²) in [5.41, 5.74) is 0.694. The van der Waals surface area contributed by atoms with Crippen LogP contribution in [0.15, 0.2) is 30.3 Å². The molecule has 1 aromatic rings. The van der Waals surface area contributed by atoms with Gasteiger partial charge in [-0.2, -0.15) is 0 Å². The van der Waals surface area contributed by atoms with Crippen molar-refractivity contribution in [1.82, 2.24) is 10.6 Å². The van der Waals surface area contributed by atoms with Gasteiger partial charge in [0.05, 0.1) is 7.11 Å². The van der Waals surface area contributed by atoms with Crippen LogP contribution in [0.1, 0.15) is 31.4 Å². The van der Waals surface area contributed by atoms with Crippen molar-refractivity contribution < 1.29 is 14.3 Å². The van der Waals surface area contributed by atoms with Gasteiger partial charge in [0.2, 0.25) is 0 Å². The van der Waals surface area contributed by atoms with Crippen molar-refractivity contribution in [3.05, 3.63) is 35.9 Å². The maximum Gasteiger partial charge on any atom is 0.333 e. The first-order valence-corrected chi connectivity index (χ1v) is 6.36. The Morgan fingerprint density at radius 2 is 1.95 bits per heavy atom. The average Bonchev–Trinajstić information content (AvgIpc) is 2.45. The number of nitrogens with one attached hydrogen (secondary N) is 2. The first-order valence-electron chi connectivity index (χ1n) is 6.36. The fourth-order valence-corrected chi connectivity index (χ4v) is 1.60. The Morgan fingerprint density at radius 3 is 2.53 bits per heavy atom. The molecule has 0 aliphatic carbocycles. The lowest BCUT2D eigenvalue weighted by Gasteiger charge is -2.17. The number of methoxy groups -OCH3 is 1. The average molecular weight is 264 g/mol. The maximum atomic E-state index is 11.7. The van der Waals surface area contributed by atoms with Gasteiger partial charge in [-0.3, -0.25) is 0 Å². The molecule has 104 valence electrons. The van der Waals surface area contributed by atoms with E-state index in [0.717, 1.165) is 12.8 Å². The van der Waals surface area contributed by atoms with Crippen LogP contribution in [0.2, 0.25) is 0 Å². The van der Waals surface area contributed by atoms with Crippen LogP contribution in [0.4, 0.5) is 4.79 Å². The van der Waals surface area contributed by atoms with Gasteiger partial charge < -0.3 is 15.4 Å². The molecule has 0 heterocycles. The highest BCUT2D eigenvalue weighted by molar-refractivity contribution is 5.84. The van der Waals surface area contributed by atoms with Crippen LogP contribution in [-0.4, -0.2) is 25.7 Å². The number of rotatable bonds is 6. The van der Waals surface area contributed by atoms with Crippen molar-refractivity contribution in [1.29, 1.82) is 0 Å². The maximum absolute atomic E-state index is 11.7. The van der Waals surface area contributed by atoms with Crippen LogP contribution in [0.3, 0.4) is 0 Å². The molecule has 0 spiro atoms. The molecule has 0 saturated carbocycles. The van der Waals surface area contributed by atoms with Crippen molar-refractivity contribution in [2.45, 2.75) is 25.8 Å². The van der Waals surface area contributed by atoms with Gasteiger partial charge in [0, 0.05) is 6.54 Å². The molecule has 1 atom stereocenters. The largest absolute Gasteiger partial charge is 0.467 e. The summed E-state index contributed by atoms with van der Waals surface area (Å²) < 4.78 is 4.71. The van der Waals surface area contributed by atoms with Crippen LogP contribution in [0.25, 0.3) is 0 Å². The van der Waals surface area contributed by atoms with E-state index in [9.17, 15) is 9.59 Å². The number of unbranched alkanes of at least 4 members (excludes halogenated alkanes) is 1. The Labute approximate surface area is 113 Å². The molecule has 1 unspecified atom stereocenters. The van der Waals surface area contributed by atoms with Crippen molar-refractivity contribution in [2.75, 3.05) is 13.7 Å². The van der Waals surface area contributed by atoms with Crippen molar-refractivity contribution in [3.8, 4) is 0 Å². The molecular formula is C14H20N2O3. The number of amides is 2. The summed E-state index contributed by atoms with van der Waals surface area (Å²) in [5, 5.41) is 5.32. The molecule has 5 nitrogen and oxygen atoms in total. The zero-order valence-corrected chi connectivity index (χ0v) is 11.3. The Bertz CT molecular complexity index is 406. The van der Waals surface area contributed by atoms with Crippen molar-refractivity contribution >= 4 is 12.0 Å². The second-order valence-corrected chi connectivity index (χ2v) is 4.12. The molecule has 0 fully saturated rings. The quantitative estimate of drug-likeness (QED) is 0.610. The number of urea groups is 1. The molecule has 19 heavy (non-hydrogen) atoms. The number of ether oxygens (including phenoxy) is 1. The van der Waals surface area contributed by atoms with Gasteiger partial charge in [0.15, 0.2) is 6.04 Å². The minimum absolute atomic E-state index is 0.368. The third-order valence-corrected chi connectivity index (χ3v) is 2.66. The smallest absolute Gasteiger partial charge is 0.333 e. The minimum atomic E-state index is -0.784. The summed E-state index contributed by atoms with van der Waals surface area (Å²) in [7, 11) is 1.30. The second-order valence-electron chi connectivity index (χ2n) is 4.12. The lowest BCUT2D eigenvalue weighted by molar-refractivity contribution is -0.143. The van der Waals surface area contributed by atoms with E-state index in [2.05, 4.69) is 10.6 Å². The molecular weight excluding hydrogens is 244 g/mol. The monoisotopic (exact) mass is 264 g/mol. The molecule has 0 aliphatic rings. The first-order chi connectivity index (χ1) is 9.19. The van der Waals surface area contributed by atoms with Crippen LogP contribution in [0.5, 0.6) is 0 Å². The number of benzene rings is 1. The lowest BCUT2D eigenvalue weighted by Crippen LogP contribution is -2.41. The molecule has 1 aromatic carbocycles. The van der Waals surface area contributed by atoms with E-state index >= 15 is 0 Å². The Morgan fingerprint density at radius 1 is 1.26 bits per heavy atom. The summed E-state index contributed by atoms with van der Waals surface area (Å²) in [6, 6.07) is 7.85. The molecule has 2 N–H and O–H groups in total. The second kappa shape index (κ2) is 8.13. The molecule has 5 heteroatoms. The fraction of sp³-hybridized carbons (Fsp3) is 0.429. The van der Waals surface area contributed by atoms with Crippen LogP contribution in [0, 0.1) is 0 Å². The first kappa shape index (κ1) is 15.0. The van der Waals surface area contributed by atoms with Gasteiger partial charge in [-0.25, -0.2) is 9.59 Å². The van der Waals surface area contributed by atoms with Gasteiger partial charge in [0.1, 0.15) is 0 Å². The van der Waals surface area contributed by atoms with Gasteiger partial charge in [-0.15, -0.1) is 0 Å². The van der Waals surface area contributed by atoms with Crippen molar-refractivity contribution in [2.24, 2.45) is 0 Å². The minimum Gasteiger partial charge on any atom is -0.467 e. The SMILES string of the molecule is CCCCNC(=O)NC(C(=O)OC)c1ccccc1. The fourth-order valence-electron chi connectivity index (χ4n) is 1.60. The van der Waals surface area contributed by atoms with E-state index in [-0.39, 0.29) is 6.03 Å². The summed E-state index contributed by atoms with van der Waals surface area (Å²) >= 11 is 0. The summed E-state index contributed by atoms with van der Waals surface area (Å²) in [6.07, 6.45) is 1.90. The summed E-state index contributed by atoms with van der Waals surface area (Å²) in [4.78, 5) is 23.4. The molecule has 0 radical (unpaired) electrons. The zero-order chi connectivity index (χ0) is 14.1. The highest BCUT2D eigenvalue weighted by atomic mass is 16.5. The number of carbonyl (C=O) groups is 2. The normalized spacial score (nSPS) is 11.5. The Hall–Kier alpha value is -2.04. The molecule has 2 amide bonds. The van der Waals surface area contributed by atoms with E-state index in [0.29, 0.717) is 12.1 Å². The number of hydrogen-bond acceptors (Lipinski definition) is 3. The summed E-state index contributed by atoms with van der Waals surface area (Å²) in [6.45, 7) is 2.63. The van der Waals surface area contributed by atoms with E-state index in [1.165, 1.54) is 7.11 Å². The van der Waals surface area contributed by atoms with E-state index in [4.69, 9.17) is 4.74 Å². The topological polar surface area (TPSA) is 67.4 Å². The van der Waals surface area contributed by atoms with Crippen LogP contribution in [-0.2, 0) is 9.53 Å². The Balaban J connectivity index is 2.66. The highest BCUT2D eigenvalue weighted by Gasteiger charge is 2.22. The van der Waals surface area contributed by atoms with Gasteiger partial charge in [-0.05, 0) is 12.0 Å². The molecule has 0 bridgehead atoms. The van der Waals surface area contributed by atoms with E-state index in [1.54, 1.807) is 12.1 Å². The van der Waals surface area contributed by atoms with Gasteiger partial charge in [0.25, 0.3) is 0 Å². The number of hydrogen-bond donors (Lipinski definition) is 2. The Kier molecular flexibility index (Phi) is 6.43. The van der Waals surface area contributed by atoms with Crippen LogP contribution < -0.4 is 10.6 Å². The van der Waals surface area contributed by atoms with Crippen molar-refractivity contribution in [3.63, 3.8) is 0 Å². The molecule has 0 aromatic heterocycles. The predicted octanol–water partition coefficient (Wildman–Crippen LogP) is 2.00. The highest BCUT2D eigenvalue weighted by Crippen LogP contribution is 2.13. The third-order valence-electron chi connectivity index (χ3n) is 2.66. The lowest BCUT2D eigenvalue weighted by atomic mass is 10.1. The number of esters is 1. The molecule has 1 rings (SSSR count). The van der Waals surface area contributed by atoms with Crippen LogP contribution >= 0.6 is 0 Å². The van der Waals surface area contributed by atoms with Gasteiger partial charge in [-0.1, -0.05) is 43.7 Å². The van der Waals surface area contributed by atoms with Gasteiger partial charge >= 0.3 is 12.0 Å². The standard InChI is InChI=1S/C14H20N2O3/c1-3-4-10-15-14(18)16-12(13(17)19-2)11-8-6-5-7-9-11/h5-9,12H,3-4,10H2,1-2H3,(H2,15,16,18). The van der Waals surface area contributed by atoms with E-state index < -0.39 is 12.0 Å². The van der Waals surface area contributed by atoms with E-state index in [1.807, 2.05) is 25.1 Å².